The first-order chi connectivity index (χ1) is 16.2. The molecule has 1 aromatic heterocycles. The number of esters is 1. The molecule has 0 saturated carbocycles. The predicted octanol–water partition coefficient (Wildman–Crippen LogP) is 4.58. The number of aliphatic carboxylic acids is 1. The number of carboxylic acids is 1. The lowest BCUT2D eigenvalue weighted by Gasteiger charge is -2.18. The van der Waals surface area contributed by atoms with E-state index in [0.717, 1.165) is 34.6 Å². The molecule has 8 nitrogen and oxygen atoms in total. The number of thiophene rings is 1. The van der Waals surface area contributed by atoms with Crippen molar-refractivity contribution in [3.63, 3.8) is 0 Å². The zero-order valence-corrected chi connectivity index (χ0v) is 20.9. The number of hydrogen-bond acceptors (Lipinski definition) is 7. The second-order valence-corrected chi connectivity index (χ2v) is 10.8. The Morgan fingerprint density at radius 1 is 1.24 bits per heavy atom. The van der Waals surface area contributed by atoms with Gasteiger partial charge in [0.2, 0.25) is 11.8 Å². The summed E-state index contributed by atoms with van der Waals surface area (Å²) in [5.41, 5.74) is 1.98. The highest BCUT2D eigenvalue weighted by Crippen LogP contribution is 2.40. The molecule has 0 bridgehead atoms. The highest BCUT2D eigenvalue weighted by atomic mass is 32.2. The fourth-order valence-corrected chi connectivity index (χ4v) is 6.05. The highest BCUT2D eigenvalue weighted by Gasteiger charge is 2.29. The second kappa shape index (κ2) is 11.5. The Kier molecular flexibility index (Phi) is 8.73. The largest absolute Gasteiger partial charge is 0.481 e. The zero-order valence-electron chi connectivity index (χ0n) is 19.3. The number of ether oxygens (including phenoxy) is 1. The molecule has 3 N–H and O–H groups in total. The Morgan fingerprint density at radius 2 is 2.00 bits per heavy atom. The maximum atomic E-state index is 13.0. The van der Waals surface area contributed by atoms with Gasteiger partial charge in [0.05, 0.1) is 24.3 Å². The van der Waals surface area contributed by atoms with Crippen LogP contribution in [0.15, 0.2) is 29.2 Å². The Morgan fingerprint density at radius 3 is 2.71 bits per heavy atom. The van der Waals surface area contributed by atoms with Crippen molar-refractivity contribution in [2.75, 3.05) is 17.7 Å². The summed E-state index contributed by atoms with van der Waals surface area (Å²) in [5, 5.41) is 14.4. The summed E-state index contributed by atoms with van der Waals surface area (Å²) >= 11 is 2.76. The van der Waals surface area contributed by atoms with E-state index in [9.17, 15) is 19.2 Å². The SMILES string of the molecule is COC(=O)c1c(NC(=O)C(C)Sc2cccc(NC(=O)CCC(=O)O)c2)sc2c1CCC(C)C2. The number of carboxylic acid groups (broad SMARTS) is 1. The smallest absolute Gasteiger partial charge is 0.341 e. The summed E-state index contributed by atoms with van der Waals surface area (Å²) in [4.78, 5) is 49.8. The van der Waals surface area contributed by atoms with Crippen LogP contribution in [0.1, 0.15) is 53.9 Å². The van der Waals surface area contributed by atoms with Crippen molar-refractivity contribution in [1.82, 2.24) is 0 Å². The van der Waals surface area contributed by atoms with E-state index in [2.05, 4.69) is 17.6 Å². The van der Waals surface area contributed by atoms with Crippen molar-refractivity contribution in [1.29, 1.82) is 0 Å². The zero-order chi connectivity index (χ0) is 24.8. The normalized spacial score (nSPS) is 15.7. The molecule has 10 heteroatoms. The second-order valence-electron chi connectivity index (χ2n) is 8.27. The van der Waals surface area contributed by atoms with Gasteiger partial charge >= 0.3 is 11.9 Å². The molecular weight excluding hydrogens is 476 g/mol. The van der Waals surface area contributed by atoms with E-state index in [1.54, 1.807) is 25.1 Å². The molecule has 3 rings (SSSR count). The van der Waals surface area contributed by atoms with Crippen LogP contribution in [0.4, 0.5) is 10.7 Å². The van der Waals surface area contributed by atoms with Crippen LogP contribution in [-0.4, -0.2) is 41.2 Å². The lowest BCUT2D eigenvalue weighted by atomic mass is 9.88. The van der Waals surface area contributed by atoms with Crippen molar-refractivity contribution in [2.45, 2.75) is 56.1 Å². The summed E-state index contributed by atoms with van der Waals surface area (Å²) in [6.07, 6.45) is 2.32. The molecule has 0 spiro atoms. The number of carbonyl (C=O) groups is 4. The number of amides is 2. The third kappa shape index (κ3) is 6.60. The number of thioether (sulfide) groups is 1. The van der Waals surface area contributed by atoms with Gasteiger partial charge in [0.25, 0.3) is 0 Å². The molecule has 0 saturated heterocycles. The van der Waals surface area contributed by atoms with Crippen LogP contribution >= 0.6 is 23.1 Å². The molecule has 34 heavy (non-hydrogen) atoms. The molecule has 182 valence electrons. The van der Waals surface area contributed by atoms with Crippen LogP contribution in [0, 0.1) is 5.92 Å². The Hall–Kier alpha value is -2.85. The van der Waals surface area contributed by atoms with E-state index in [1.165, 1.54) is 30.2 Å². The Bertz CT molecular complexity index is 1100. The van der Waals surface area contributed by atoms with Gasteiger partial charge in [-0.2, -0.15) is 0 Å². The van der Waals surface area contributed by atoms with E-state index >= 15 is 0 Å². The molecule has 0 radical (unpaired) electrons. The molecule has 2 unspecified atom stereocenters. The summed E-state index contributed by atoms with van der Waals surface area (Å²) in [7, 11) is 1.34. The van der Waals surface area contributed by atoms with Gasteiger partial charge in [0.15, 0.2) is 0 Å². The number of anilines is 2. The number of hydrogen-bond donors (Lipinski definition) is 3. The summed E-state index contributed by atoms with van der Waals surface area (Å²) in [6, 6.07) is 7.02. The molecule has 0 fully saturated rings. The van der Waals surface area contributed by atoms with E-state index in [4.69, 9.17) is 9.84 Å². The standard InChI is InChI=1S/C24H28N2O6S2/c1-13-7-8-17-18(11-13)34-23(21(17)24(31)32-3)26-22(30)14(2)33-16-6-4-5-15(12-16)25-19(27)9-10-20(28)29/h4-6,12-14H,7-11H2,1-3H3,(H,25,27)(H,26,30)(H,28,29). The van der Waals surface area contributed by atoms with Gasteiger partial charge in [0.1, 0.15) is 5.00 Å². The van der Waals surface area contributed by atoms with Crippen LogP contribution in [0.3, 0.4) is 0 Å². The molecule has 1 aromatic carbocycles. The molecule has 1 aliphatic carbocycles. The maximum Gasteiger partial charge on any atom is 0.341 e. The number of fused-ring (bicyclic) bond motifs is 1. The molecule has 1 heterocycles. The summed E-state index contributed by atoms with van der Waals surface area (Å²) < 4.78 is 4.99. The van der Waals surface area contributed by atoms with Crippen molar-refractivity contribution in [2.24, 2.45) is 5.92 Å². The van der Waals surface area contributed by atoms with Gasteiger partial charge in [-0.1, -0.05) is 13.0 Å². The van der Waals surface area contributed by atoms with E-state index in [-0.39, 0.29) is 24.7 Å². The van der Waals surface area contributed by atoms with E-state index < -0.39 is 17.2 Å². The average molecular weight is 505 g/mol. The molecule has 2 atom stereocenters. The Labute approximate surface area is 206 Å². The fourth-order valence-electron chi connectivity index (χ4n) is 3.72. The van der Waals surface area contributed by atoms with Crippen molar-refractivity contribution in [3.8, 4) is 0 Å². The third-order valence-electron chi connectivity index (χ3n) is 5.50. The molecular formula is C24H28N2O6S2. The molecule has 2 amide bonds. The van der Waals surface area contributed by atoms with E-state index in [1.807, 2.05) is 6.07 Å². The maximum absolute atomic E-state index is 13.0. The Balaban J connectivity index is 1.67. The number of nitrogens with one attached hydrogen (secondary N) is 2. The van der Waals surface area contributed by atoms with Crippen LogP contribution < -0.4 is 10.6 Å². The minimum atomic E-state index is -1.03. The van der Waals surface area contributed by atoms with Gasteiger partial charge in [-0.05, 0) is 55.9 Å². The van der Waals surface area contributed by atoms with Crippen molar-refractivity contribution >= 4 is 57.5 Å². The first kappa shape index (κ1) is 25.8. The lowest BCUT2D eigenvalue weighted by molar-refractivity contribution is -0.138. The van der Waals surface area contributed by atoms with Gasteiger partial charge < -0.3 is 20.5 Å². The molecule has 1 aliphatic rings. The lowest BCUT2D eigenvalue weighted by Crippen LogP contribution is -2.23. The van der Waals surface area contributed by atoms with Gasteiger partial charge in [-0.15, -0.1) is 23.1 Å². The quantitative estimate of drug-likeness (QED) is 0.337. The van der Waals surface area contributed by atoms with Crippen LogP contribution in [0.5, 0.6) is 0 Å². The first-order valence-corrected chi connectivity index (χ1v) is 12.7. The highest BCUT2D eigenvalue weighted by molar-refractivity contribution is 8.00. The van der Waals surface area contributed by atoms with Crippen LogP contribution in [0.25, 0.3) is 0 Å². The average Bonchev–Trinajstić information content (AvgIpc) is 3.14. The minimum Gasteiger partial charge on any atom is -0.481 e. The predicted molar refractivity (Wildman–Crippen MR) is 133 cm³/mol. The summed E-state index contributed by atoms with van der Waals surface area (Å²) in [6.45, 7) is 3.95. The number of methoxy groups -OCH3 is 1. The topological polar surface area (TPSA) is 122 Å². The summed E-state index contributed by atoms with van der Waals surface area (Å²) in [5.74, 6) is -1.56. The van der Waals surface area contributed by atoms with Crippen LogP contribution in [0.2, 0.25) is 0 Å². The van der Waals surface area contributed by atoms with Crippen molar-refractivity contribution < 1.29 is 29.0 Å². The van der Waals surface area contributed by atoms with Crippen molar-refractivity contribution in [3.05, 3.63) is 40.3 Å². The van der Waals surface area contributed by atoms with Gasteiger partial charge in [0, 0.05) is 21.9 Å². The van der Waals surface area contributed by atoms with E-state index in [0.29, 0.717) is 22.2 Å². The number of carbonyl (C=O) groups excluding carboxylic acids is 3. The van der Waals surface area contributed by atoms with Gasteiger partial charge in [-0.3, -0.25) is 14.4 Å². The van der Waals surface area contributed by atoms with Crippen LogP contribution in [-0.2, 0) is 32.0 Å². The third-order valence-corrected chi connectivity index (χ3v) is 7.77. The van der Waals surface area contributed by atoms with Gasteiger partial charge in [-0.25, -0.2) is 4.79 Å². The fraction of sp³-hybridized carbons (Fsp3) is 0.417. The minimum absolute atomic E-state index is 0.113. The number of benzene rings is 1. The molecule has 0 aliphatic heterocycles. The monoisotopic (exact) mass is 504 g/mol. The molecule has 2 aromatic rings. The number of rotatable bonds is 9. The first-order valence-electron chi connectivity index (χ1n) is 11.0.